The SMILES string of the molecule is COc1nc2ccc(-c3cn(S(=O)(=O)c4ccccc4)c4cc(F)ccc34)cc2o1. The molecule has 6 nitrogen and oxygen atoms in total. The summed E-state index contributed by atoms with van der Waals surface area (Å²) >= 11 is 0. The Kier molecular flexibility index (Phi) is 4.11. The molecule has 0 aliphatic heterocycles. The lowest BCUT2D eigenvalue weighted by Crippen LogP contribution is -2.11. The van der Waals surface area contributed by atoms with Gasteiger partial charge >= 0.3 is 6.08 Å². The van der Waals surface area contributed by atoms with Crippen molar-refractivity contribution < 1.29 is 22.0 Å². The van der Waals surface area contributed by atoms with Crippen molar-refractivity contribution in [3.63, 3.8) is 0 Å². The van der Waals surface area contributed by atoms with Gasteiger partial charge in [-0.25, -0.2) is 16.8 Å². The minimum atomic E-state index is -3.92. The summed E-state index contributed by atoms with van der Waals surface area (Å²) in [4.78, 5) is 4.30. The minimum absolute atomic E-state index is 0.119. The van der Waals surface area contributed by atoms with Gasteiger partial charge in [-0.2, -0.15) is 4.98 Å². The van der Waals surface area contributed by atoms with E-state index in [2.05, 4.69) is 4.98 Å². The van der Waals surface area contributed by atoms with E-state index in [-0.39, 0.29) is 16.5 Å². The second-order valence-corrected chi connectivity index (χ2v) is 8.50. The molecule has 0 radical (unpaired) electrons. The minimum Gasteiger partial charge on any atom is -0.453 e. The largest absolute Gasteiger partial charge is 0.453 e. The number of methoxy groups -OCH3 is 1. The van der Waals surface area contributed by atoms with Gasteiger partial charge in [-0.05, 0) is 48.0 Å². The van der Waals surface area contributed by atoms with Crippen LogP contribution in [-0.4, -0.2) is 24.5 Å². The Hall–Kier alpha value is -3.65. The maximum Gasteiger partial charge on any atom is 0.394 e. The van der Waals surface area contributed by atoms with Crippen molar-refractivity contribution in [1.29, 1.82) is 0 Å². The molecule has 0 bridgehead atoms. The van der Waals surface area contributed by atoms with Gasteiger partial charge in [0.05, 0.1) is 17.5 Å². The Labute approximate surface area is 171 Å². The van der Waals surface area contributed by atoms with Crippen LogP contribution in [0, 0.1) is 5.82 Å². The van der Waals surface area contributed by atoms with E-state index in [0.29, 0.717) is 27.6 Å². The smallest absolute Gasteiger partial charge is 0.394 e. The van der Waals surface area contributed by atoms with Gasteiger partial charge in [0.15, 0.2) is 5.58 Å². The van der Waals surface area contributed by atoms with Gasteiger partial charge in [-0.3, -0.25) is 0 Å². The van der Waals surface area contributed by atoms with Gasteiger partial charge in [-0.15, -0.1) is 0 Å². The zero-order valence-electron chi connectivity index (χ0n) is 15.7. The molecule has 0 saturated carbocycles. The molecule has 0 aliphatic rings. The van der Waals surface area contributed by atoms with Crippen LogP contribution in [0.15, 0.2) is 82.2 Å². The van der Waals surface area contributed by atoms with E-state index in [9.17, 15) is 12.8 Å². The summed E-state index contributed by atoms with van der Waals surface area (Å²) in [6, 6.07) is 17.5. The first-order valence-corrected chi connectivity index (χ1v) is 10.5. The van der Waals surface area contributed by atoms with E-state index in [1.807, 2.05) is 6.07 Å². The van der Waals surface area contributed by atoms with Crippen LogP contribution in [0.3, 0.4) is 0 Å². The lowest BCUT2D eigenvalue weighted by atomic mass is 10.0. The normalized spacial score (nSPS) is 11.9. The molecule has 0 unspecified atom stereocenters. The Morgan fingerprint density at radius 3 is 2.60 bits per heavy atom. The number of fused-ring (bicyclic) bond motifs is 2. The monoisotopic (exact) mass is 422 g/mol. The topological polar surface area (TPSA) is 74.3 Å². The summed E-state index contributed by atoms with van der Waals surface area (Å²) in [5.74, 6) is -0.521. The van der Waals surface area contributed by atoms with Crippen molar-refractivity contribution in [1.82, 2.24) is 8.96 Å². The Morgan fingerprint density at radius 2 is 1.83 bits per heavy atom. The Morgan fingerprint density at radius 1 is 1.03 bits per heavy atom. The Bertz CT molecular complexity index is 1500. The van der Waals surface area contributed by atoms with E-state index < -0.39 is 15.8 Å². The van der Waals surface area contributed by atoms with Gasteiger partial charge in [0.2, 0.25) is 0 Å². The van der Waals surface area contributed by atoms with Crippen molar-refractivity contribution in [3.05, 3.63) is 78.7 Å². The average Bonchev–Trinajstić information content (AvgIpc) is 3.35. The number of halogens is 1. The molecule has 150 valence electrons. The van der Waals surface area contributed by atoms with E-state index >= 15 is 0 Å². The third-order valence-corrected chi connectivity index (χ3v) is 6.58. The van der Waals surface area contributed by atoms with Crippen LogP contribution in [0.5, 0.6) is 6.08 Å². The average molecular weight is 422 g/mol. The molecule has 0 saturated heterocycles. The van der Waals surface area contributed by atoms with E-state index in [1.54, 1.807) is 36.4 Å². The molecule has 0 N–H and O–H groups in total. The third-order valence-electron chi connectivity index (χ3n) is 4.89. The van der Waals surface area contributed by atoms with Gasteiger partial charge in [-0.1, -0.05) is 24.3 Å². The molecule has 30 heavy (non-hydrogen) atoms. The molecule has 3 aromatic carbocycles. The first-order chi connectivity index (χ1) is 14.5. The molecule has 0 fully saturated rings. The molecule has 0 spiro atoms. The van der Waals surface area contributed by atoms with Crippen molar-refractivity contribution in [2.75, 3.05) is 7.11 Å². The fourth-order valence-electron chi connectivity index (χ4n) is 3.46. The van der Waals surface area contributed by atoms with Gasteiger partial charge in [0.1, 0.15) is 11.3 Å². The van der Waals surface area contributed by atoms with Crippen molar-refractivity contribution in [2.45, 2.75) is 4.90 Å². The van der Waals surface area contributed by atoms with Crippen LogP contribution >= 0.6 is 0 Å². The molecular weight excluding hydrogens is 407 g/mol. The predicted octanol–water partition coefficient (Wildman–Crippen LogP) is 4.83. The van der Waals surface area contributed by atoms with Gasteiger partial charge in [0.25, 0.3) is 10.0 Å². The van der Waals surface area contributed by atoms with Crippen LogP contribution in [0.4, 0.5) is 4.39 Å². The van der Waals surface area contributed by atoms with Crippen LogP contribution in [0.2, 0.25) is 0 Å². The highest BCUT2D eigenvalue weighted by Gasteiger charge is 2.22. The zero-order valence-corrected chi connectivity index (χ0v) is 16.6. The van der Waals surface area contributed by atoms with Gasteiger partial charge < -0.3 is 9.15 Å². The van der Waals surface area contributed by atoms with E-state index in [0.717, 1.165) is 3.97 Å². The lowest BCUT2D eigenvalue weighted by molar-refractivity contribution is 0.299. The molecule has 0 atom stereocenters. The molecular formula is C22H15FN2O4S. The second kappa shape index (κ2) is 6.70. The molecule has 8 heteroatoms. The Balaban J connectivity index is 1.76. The highest BCUT2D eigenvalue weighted by atomic mass is 32.2. The number of rotatable bonds is 4. The number of ether oxygens (including phenoxy) is 1. The highest BCUT2D eigenvalue weighted by molar-refractivity contribution is 7.90. The summed E-state index contributed by atoms with van der Waals surface area (Å²) < 4.78 is 52.2. The molecule has 5 aromatic rings. The summed E-state index contributed by atoms with van der Waals surface area (Å²) in [7, 11) is -2.46. The first-order valence-electron chi connectivity index (χ1n) is 9.03. The highest BCUT2D eigenvalue weighted by Crippen LogP contribution is 2.35. The van der Waals surface area contributed by atoms with Crippen molar-refractivity contribution in [3.8, 4) is 17.2 Å². The molecule has 2 aromatic heterocycles. The van der Waals surface area contributed by atoms with Crippen LogP contribution in [0.1, 0.15) is 0 Å². The van der Waals surface area contributed by atoms with Gasteiger partial charge in [0, 0.05) is 17.1 Å². The number of nitrogens with zero attached hydrogens (tertiary/aromatic N) is 2. The lowest BCUT2D eigenvalue weighted by Gasteiger charge is -2.07. The summed E-state index contributed by atoms with van der Waals surface area (Å²) in [5, 5.41) is 0.599. The fraction of sp³-hybridized carbons (Fsp3) is 0.0455. The summed E-state index contributed by atoms with van der Waals surface area (Å²) in [6.07, 6.45) is 1.64. The quantitative estimate of drug-likeness (QED) is 0.415. The zero-order chi connectivity index (χ0) is 20.9. The number of benzene rings is 3. The molecule has 0 amide bonds. The first kappa shape index (κ1) is 18.4. The third kappa shape index (κ3) is 2.84. The van der Waals surface area contributed by atoms with Crippen molar-refractivity contribution in [2.24, 2.45) is 0 Å². The molecule has 5 rings (SSSR count). The number of hydrogen-bond donors (Lipinski definition) is 0. The van der Waals surface area contributed by atoms with E-state index in [4.69, 9.17) is 9.15 Å². The summed E-state index contributed by atoms with van der Waals surface area (Å²) in [5.41, 5.74) is 2.70. The maximum absolute atomic E-state index is 14.0. The molecule has 2 heterocycles. The predicted molar refractivity (Wildman–Crippen MR) is 110 cm³/mol. The summed E-state index contributed by atoms with van der Waals surface area (Å²) in [6.45, 7) is 0. The fourth-order valence-corrected chi connectivity index (χ4v) is 4.85. The molecule has 0 aliphatic carbocycles. The standard InChI is InChI=1S/C22H15FN2O4S/c1-28-22-24-19-10-7-14(11-21(19)29-22)18-13-25(20-12-15(23)8-9-17(18)20)30(26,27)16-5-3-2-4-6-16/h2-13H,1H3. The number of hydrogen-bond acceptors (Lipinski definition) is 5. The number of oxazole rings is 1. The van der Waals surface area contributed by atoms with Crippen LogP contribution in [-0.2, 0) is 10.0 Å². The van der Waals surface area contributed by atoms with E-state index in [1.165, 1.54) is 37.6 Å². The van der Waals surface area contributed by atoms with Crippen LogP contribution in [0.25, 0.3) is 33.1 Å². The maximum atomic E-state index is 14.0. The van der Waals surface area contributed by atoms with Crippen molar-refractivity contribution >= 4 is 32.0 Å². The second-order valence-electron chi connectivity index (χ2n) is 6.68. The van der Waals surface area contributed by atoms with Crippen LogP contribution < -0.4 is 4.74 Å². The number of aromatic nitrogens is 2.